The molecule has 1 fully saturated rings. The minimum absolute atomic E-state index is 0.107. The summed E-state index contributed by atoms with van der Waals surface area (Å²) in [5, 5.41) is 0. The molecule has 106 valence electrons. The van der Waals surface area contributed by atoms with Crippen molar-refractivity contribution in [2.45, 2.75) is 36.6 Å². The molecular weight excluding hydrogens is 259 g/mol. The summed E-state index contributed by atoms with van der Waals surface area (Å²) in [6, 6.07) is 7.65. The third kappa shape index (κ3) is 4.48. The van der Waals surface area contributed by atoms with Gasteiger partial charge in [-0.25, -0.2) is 4.39 Å². The fraction of sp³-hybridized carbons (Fsp3) is 0.600. The lowest BCUT2D eigenvalue weighted by Crippen LogP contribution is -2.41. The summed E-state index contributed by atoms with van der Waals surface area (Å²) < 4.78 is 13.5. The Morgan fingerprint density at radius 2 is 2.16 bits per heavy atom. The Kier molecular flexibility index (Phi) is 6.14. The highest BCUT2D eigenvalue weighted by Gasteiger charge is 2.21. The second-order valence-electron chi connectivity index (χ2n) is 5.04. The molecule has 0 amide bonds. The van der Waals surface area contributed by atoms with E-state index in [2.05, 4.69) is 4.90 Å². The molecule has 19 heavy (non-hydrogen) atoms. The van der Waals surface area contributed by atoms with Crippen LogP contribution in [0.5, 0.6) is 0 Å². The molecular formula is C15H23FN2S. The van der Waals surface area contributed by atoms with E-state index in [0.29, 0.717) is 6.04 Å². The lowest BCUT2D eigenvalue weighted by Gasteiger charge is -2.35. The zero-order chi connectivity index (χ0) is 13.5. The van der Waals surface area contributed by atoms with Gasteiger partial charge in [-0.2, -0.15) is 0 Å². The quantitative estimate of drug-likeness (QED) is 0.813. The van der Waals surface area contributed by atoms with Gasteiger partial charge in [0.1, 0.15) is 5.82 Å². The molecule has 0 aromatic heterocycles. The van der Waals surface area contributed by atoms with Crippen molar-refractivity contribution >= 4 is 11.8 Å². The highest BCUT2D eigenvalue weighted by Crippen LogP contribution is 2.23. The largest absolute Gasteiger partial charge is 0.330 e. The van der Waals surface area contributed by atoms with Gasteiger partial charge in [0.25, 0.3) is 0 Å². The van der Waals surface area contributed by atoms with Gasteiger partial charge in [-0.15, -0.1) is 11.8 Å². The van der Waals surface area contributed by atoms with Crippen molar-refractivity contribution in [1.82, 2.24) is 4.90 Å². The number of hydrogen-bond acceptors (Lipinski definition) is 3. The molecule has 0 saturated carbocycles. The first-order chi connectivity index (χ1) is 9.31. The van der Waals surface area contributed by atoms with Crippen molar-refractivity contribution < 1.29 is 4.39 Å². The number of nitrogens with zero attached hydrogens (tertiary/aromatic N) is 1. The van der Waals surface area contributed by atoms with Gasteiger partial charge >= 0.3 is 0 Å². The van der Waals surface area contributed by atoms with Crippen LogP contribution in [-0.4, -0.2) is 36.3 Å². The number of halogens is 1. The first kappa shape index (κ1) is 14.8. The van der Waals surface area contributed by atoms with Gasteiger partial charge in [-0.05, 0) is 44.5 Å². The molecule has 0 radical (unpaired) electrons. The molecule has 1 heterocycles. The van der Waals surface area contributed by atoms with E-state index in [0.717, 1.165) is 30.2 Å². The van der Waals surface area contributed by atoms with E-state index in [-0.39, 0.29) is 5.82 Å². The Balaban J connectivity index is 1.79. The number of hydrogen-bond donors (Lipinski definition) is 1. The average molecular weight is 282 g/mol. The topological polar surface area (TPSA) is 29.3 Å². The minimum Gasteiger partial charge on any atom is -0.330 e. The molecule has 4 heteroatoms. The van der Waals surface area contributed by atoms with E-state index in [1.807, 2.05) is 12.1 Å². The van der Waals surface area contributed by atoms with Gasteiger partial charge < -0.3 is 5.73 Å². The Bertz CT molecular complexity index is 384. The van der Waals surface area contributed by atoms with Gasteiger partial charge in [-0.3, -0.25) is 4.90 Å². The molecule has 1 unspecified atom stereocenters. The van der Waals surface area contributed by atoms with Crippen LogP contribution in [0.4, 0.5) is 4.39 Å². The molecule has 1 aromatic rings. The van der Waals surface area contributed by atoms with Crippen LogP contribution in [0.15, 0.2) is 29.2 Å². The number of likely N-dealkylation sites (tertiary alicyclic amines) is 1. The predicted molar refractivity (Wildman–Crippen MR) is 80.0 cm³/mol. The van der Waals surface area contributed by atoms with Crippen molar-refractivity contribution in [3.05, 3.63) is 30.1 Å². The van der Waals surface area contributed by atoms with Crippen molar-refractivity contribution in [2.24, 2.45) is 5.73 Å². The number of thioether (sulfide) groups is 1. The van der Waals surface area contributed by atoms with E-state index in [1.165, 1.54) is 31.9 Å². The first-order valence-electron chi connectivity index (χ1n) is 7.12. The molecule has 1 aromatic carbocycles. The van der Waals surface area contributed by atoms with E-state index in [9.17, 15) is 4.39 Å². The molecule has 1 atom stereocenters. The molecule has 2 rings (SSSR count). The maximum atomic E-state index is 13.5. The predicted octanol–water partition coefficient (Wildman–Crippen LogP) is 3.12. The molecule has 1 aliphatic rings. The summed E-state index contributed by atoms with van der Waals surface area (Å²) in [7, 11) is 0. The second-order valence-corrected chi connectivity index (χ2v) is 6.18. The van der Waals surface area contributed by atoms with Crippen LogP contribution in [0.3, 0.4) is 0 Å². The van der Waals surface area contributed by atoms with Gasteiger partial charge in [0, 0.05) is 23.2 Å². The van der Waals surface area contributed by atoms with E-state index in [1.54, 1.807) is 17.8 Å². The summed E-state index contributed by atoms with van der Waals surface area (Å²) in [5.41, 5.74) is 5.68. The second kappa shape index (κ2) is 7.88. The molecule has 1 aliphatic heterocycles. The maximum absolute atomic E-state index is 13.5. The van der Waals surface area contributed by atoms with Gasteiger partial charge in [0.2, 0.25) is 0 Å². The summed E-state index contributed by atoms with van der Waals surface area (Å²) in [4.78, 5) is 3.29. The molecule has 2 nitrogen and oxygen atoms in total. The third-order valence-corrected chi connectivity index (χ3v) is 4.75. The monoisotopic (exact) mass is 282 g/mol. The van der Waals surface area contributed by atoms with Crippen LogP contribution in [0.2, 0.25) is 0 Å². The molecule has 1 saturated heterocycles. The summed E-state index contributed by atoms with van der Waals surface area (Å²) >= 11 is 1.61. The SMILES string of the molecule is NCCC1CCCCN1CCSc1ccccc1F. The third-order valence-electron chi connectivity index (χ3n) is 3.72. The van der Waals surface area contributed by atoms with Crippen LogP contribution in [0, 0.1) is 5.82 Å². The summed E-state index contributed by atoms with van der Waals surface area (Å²) in [6.07, 6.45) is 4.96. The van der Waals surface area contributed by atoms with Gasteiger partial charge in [0.05, 0.1) is 0 Å². The average Bonchev–Trinajstić information content (AvgIpc) is 2.43. The summed E-state index contributed by atoms with van der Waals surface area (Å²) in [6.45, 7) is 2.97. The number of nitrogens with two attached hydrogens (primary N) is 1. The smallest absolute Gasteiger partial charge is 0.136 e. The maximum Gasteiger partial charge on any atom is 0.136 e. The van der Waals surface area contributed by atoms with E-state index >= 15 is 0 Å². The van der Waals surface area contributed by atoms with E-state index < -0.39 is 0 Å². The van der Waals surface area contributed by atoms with Crippen molar-refractivity contribution in [2.75, 3.05) is 25.4 Å². The Hall–Kier alpha value is -0.580. The first-order valence-corrected chi connectivity index (χ1v) is 8.11. The van der Waals surface area contributed by atoms with E-state index in [4.69, 9.17) is 5.73 Å². The molecule has 0 bridgehead atoms. The zero-order valence-electron chi connectivity index (χ0n) is 11.4. The molecule has 2 N–H and O–H groups in total. The van der Waals surface area contributed by atoms with Gasteiger partial charge in [0.15, 0.2) is 0 Å². The fourth-order valence-electron chi connectivity index (χ4n) is 2.71. The minimum atomic E-state index is -0.107. The fourth-order valence-corrected chi connectivity index (χ4v) is 3.63. The number of rotatable bonds is 6. The van der Waals surface area contributed by atoms with Crippen LogP contribution < -0.4 is 5.73 Å². The zero-order valence-corrected chi connectivity index (χ0v) is 12.2. The highest BCUT2D eigenvalue weighted by atomic mass is 32.2. The standard InChI is InChI=1S/C15H23FN2S/c16-14-6-1-2-7-15(14)19-12-11-18-10-4-3-5-13(18)8-9-17/h1-2,6-7,13H,3-5,8-12,17H2. The van der Waals surface area contributed by atoms with Crippen molar-refractivity contribution in [1.29, 1.82) is 0 Å². The normalized spacial score (nSPS) is 20.6. The van der Waals surface area contributed by atoms with Gasteiger partial charge in [-0.1, -0.05) is 18.6 Å². The number of benzene rings is 1. The lowest BCUT2D eigenvalue weighted by molar-refractivity contribution is 0.151. The Morgan fingerprint density at radius 1 is 1.32 bits per heavy atom. The Labute approximate surface area is 119 Å². The van der Waals surface area contributed by atoms with Crippen LogP contribution in [0.25, 0.3) is 0 Å². The number of piperidine rings is 1. The Morgan fingerprint density at radius 3 is 2.95 bits per heavy atom. The van der Waals surface area contributed by atoms with Crippen LogP contribution >= 0.6 is 11.8 Å². The molecule has 0 spiro atoms. The lowest BCUT2D eigenvalue weighted by atomic mass is 9.99. The van der Waals surface area contributed by atoms with Crippen LogP contribution in [0.1, 0.15) is 25.7 Å². The highest BCUT2D eigenvalue weighted by molar-refractivity contribution is 7.99. The van der Waals surface area contributed by atoms with Crippen molar-refractivity contribution in [3.63, 3.8) is 0 Å². The summed E-state index contributed by atoms with van der Waals surface area (Å²) in [5.74, 6) is 0.840. The van der Waals surface area contributed by atoms with Crippen LogP contribution in [-0.2, 0) is 0 Å². The van der Waals surface area contributed by atoms with Crippen molar-refractivity contribution in [3.8, 4) is 0 Å². The molecule has 0 aliphatic carbocycles.